The number of nitrogens with zero attached hydrogens (tertiary/aromatic N) is 4. The van der Waals surface area contributed by atoms with Gasteiger partial charge in [-0.25, -0.2) is 0 Å². The fourth-order valence-electron chi connectivity index (χ4n) is 6.32. The zero-order chi connectivity index (χ0) is 29.1. The average molecular weight is 574 g/mol. The predicted molar refractivity (Wildman–Crippen MR) is 167 cm³/mol. The number of ketones is 1. The van der Waals surface area contributed by atoms with E-state index in [4.69, 9.17) is 14.0 Å². The molecule has 43 heavy (non-hydrogen) atoms. The highest BCUT2D eigenvalue weighted by atomic mass is 16.7. The molecule has 0 bridgehead atoms. The van der Waals surface area contributed by atoms with Crippen LogP contribution >= 0.6 is 0 Å². The molecule has 1 N–H and O–H groups in total. The number of aromatic nitrogens is 1. The first-order chi connectivity index (χ1) is 21.0. The lowest BCUT2D eigenvalue weighted by Crippen LogP contribution is -2.46. The third-order valence-corrected chi connectivity index (χ3v) is 8.60. The van der Waals surface area contributed by atoms with Gasteiger partial charge in [-0.2, -0.15) is 0 Å². The molecule has 0 spiro atoms. The summed E-state index contributed by atoms with van der Waals surface area (Å²) in [6.45, 7) is 4.54. The van der Waals surface area contributed by atoms with Crippen molar-refractivity contribution in [3.8, 4) is 22.8 Å². The second kappa shape index (κ2) is 10.1. The van der Waals surface area contributed by atoms with Gasteiger partial charge in [-0.3, -0.25) is 9.69 Å². The van der Waals surface area contributed by atoms with Crippen LogP contribution in [0.25, 0.3) is 22.2 Å². The highest BCUT2D eigenvalue weighted by Crippen LogP contribution is 2.46. The molecule has 0 unspecified atom stereocenters. The van der Waals surface area contributed by atoms with Gasteiger partial charge in [-0.05, 0) is 48.0 Å². The Morgan fingerprint density at radius 1 is 0.884 bits per heavy atom. The summed E-state index contributed by atoms with van der Waals surface area (Å²) in [5, 5.41) is 8.90. The smallest absolute Gasteiger partial charge is 0.231 e. The van der Waals surface area contributed by atoms with Crippen LogP contribution in [0, 0.1) is 0 Å². The van der Waals surface area contributed by atoms with Gasteiger partial charge in [-0.1, -0.05) is 35.5 Å². The maximum absolute atomic E-state index is 14.0. The number of benzene rings is 4. The molecule has 1 saturated heterocycles. The Balaban J connectivity index is 1.13. The number of carbonyl (C=O) groups excluding carboxylic acids is 1. The zero-order valence-corrected chi connectivity index (χ0v) is 24.1. The van der Waals surface area contributed by atoms with E-state index in [2.05, 4.69) is 55.5 Å². The molecule has 216 valence electrons. The minimum atomic E-state index is -0.0243. The number of ether oxygens (including phenoxy) is 2. The van der Waals surface area contributed by atoms with E-state index < -0.39 is 0 Å². The van der Waals surface area contributed by atoms with E-state index in [0.717, 1.165) is 83.4 Å². The molecule has 1 fully saturated rings. The fourth-order valence-corrected chi connectivity index (χ4v) is 6.32. The van der Waals surface area contributed by atoms with E-state index in [9.17, 15) is 4.79 Å². The largest absolute Gasteiger partial charge is 0.454 e. The fraction of sp³-hybridized carbons (Fsp3) is 0.235. The van der Waals surface area contributed by atoms with E-state index >= 15 is 0 Å². The van der Waals surface area contributed by atoms with E-state index in [1.165, 1.54) is 5.56 Å². The Morgan fingerprint density at radius 2 is 1.65 bits per heavy atom. The minimum Gasteiger partial charge on any atom is -0.454 e. The van der Waals surface area contributed by atoms with Gasteiger partial charge in [0.15, 0.2) is 23.0 Å². The monoisotopic (exact) mass is 573 g/mol. The molecule has 3 heterocycles. The van der Waals surface area contributed by atoms with E-state index in [1.807, 2.05) is 56.6 Å². The molecule has 9 nitrogen and oxygen atoms in total. The van der Waals surface area contributed by atoms with Gasteiger partial charge in [0, 0.05) is 69.3 Å². The Hall–Kier alpha value is -5.02. The first-order valence-corrected chi connectivity index (χ1v) is 14.5. The van der Waals surface area contributed by atoms with Crippen molar-refractivity contribution in [1.82, 2.24) is 10.1 Å². The number of carbonyl (C=O) groups is 1. The van der Waals surface area contributed by atoms with Crippen LogP contribution in [0.1, 0.15) is 21.5 Å². The quantitative estimate of drug-likeness (QED) is 0.262. The number of piperazine rings is 1. The maximum Gasteiger partial charge on any atom is 0.231 e. The van der Waals surface area contributed by atoms with Crippen LogP contribution in [0.2, 0.25) is 0 Å². The van der Waals surface area contributed by atoms with Crippen LogP contribution < -0.4 is 24.6 Å². The number of hydrogen-bond donors (Lipinski definition) is 1. The number of anilines is 4. The predicted octanol–water partition coefficient (Wildman–Crippen LogP) is 5.90. The van der Waals surface area contributed by atoms with Crippen molar-refractivity contribution in [2.24, 2.45) is 0 Å². The standard InChI is InChI=1S/C34H31N5O4/c1-37(2)23-10-8-22(9-11-23)35-26-18-27(32-31-30(26)33(40)24-5-3-4-6-25(24)34(31)43-36-32)39-15-13-38(14-16-39)19-21-7-12-28-29(17-21)42-20-41-28/h3-12,17-18,35H,13-16,19-20H2,1-2H3. The third-order valence-electron chi connectivity index (χ3n) is 8.60. The Bertz CT molecular complexity index is 1870. The topological polar surface area (TPSA) is 83.3 Å². The Kier molecular flexibility index (Phi) is 6.01. The molecule has 1 aromatic heterocycles. The van der Waals surface area contributed by atoms with Crippen LogP contribution in [0.4, 0.5) is 22.7 Å². The molecule has 1 aliphatic carbocycles. The number of rotatable bonds is 6. The van der Waals surface area contributed by atoms with Gasteiger partial charge < -0.3 is 29.1 Å². The first-order valence-electron chi connectivity index (χ1n) is 14.5. The summed E-state index contributed by atoms with van der Waals surface area (Å²) in [6, 6.07) is 24.1. The summed E-state index contributed by atoms with van der Waals surface area (Å²) in [7, 11) is 4.04. The number of hydrogen-bond acceptors (Lipinski definition) is 9. The summed E-state index contributed by atoms with van der Waals surface area (Å²) in [5.41, 5.74) is 7.69. The highest BCUT2D eigenvalue weighted by Gasteiger charge is 2.34. The second-order valence-corrected chi connectivity index (χ2v) is 11.4. The van der Waals surface area contributed by atoms with Crippen molar-refractivity contribution in [1.29, 1.82) is 0 Å². The molecule has 0 amide bonds. The van der Waals surface area contributed by atoms with E-state index in [0.29, 0.717) is 16.9 Å². The molecular weight excluding hydrogens is 542 g/mol. The summed E-state index contributed by atoms with van der Waals surface area (Å²) in [5.74, 6) is 2.24. The molecule has 9 heteroatoms. The molecule has 0 atom stereocenters. The van der Waals surface area contributed by atoms with Crippen molar-refractivity contribution >= 4 is 39.4 Å². The van der Waals surface area contributed by atoms with Crippen molar-refractivity contribution in [2.45, 2.75) is 6.54 Å². The molecule has 5 aromatic rings. The summed E-state index contributed by atoms with van der Waals surface area (Å²) < 4.78 is 17.0. The van der Waals surface area contributed by atoms with E-state index in [1.54, 1.807) is 0 Å². The summed E-state index contributed by atoms with van der Waals surface area (Å²) in [6.07, 6.45) is 0. The number of fused-ring (bicyclic) bond motifs is 3. The normalized spacial score (nSPS) is 15.6. The maximum atomic E-state index is 14.0. The van der Waals surface area contributed by atoms with Crippen LogP contribution in [0.3, 0.4) is 0 Å². The van der Waals surface area contributed by atoms with Crippen LogP contribution in [-0.2, 0) is 6.54 Å². The molecule has 3 aliphatic rings. The van der Waals surface area contributed by atoms with Crippen molar-refractivity contribution in [3.05, 3.63) is 89.5 Å². The van der Waals surface area contributed by atoms with Crippen LogP contribution in [0.15, 0.2) is 77.3 Å². The molecule has 4 aromatic carbocycles. The van der Waals surface area contributed by atoms with Gasteiger partial charge in [0.2, 0.25) is 6.79 Å². The first kappa shape index (κ1) is 25.7. The van der Waals surface area contributed by atoms with Gasteiger partial charge in [0.25, 0.3) is 0 Å². The van der Waals surface area contributed by atoms with Gasteiger partial charge in [0.1, 0.15) is 5.52 Å². The highest BCUT2D eigenvalue weighted by molar-refractivity contribution is 6.28. The second-order valence-electron chi connectivity index (χ2n) is 11.4. The average Bonchev–Trinajstić information content (AvgIpc) is 3.69. The lowest BCUT2D eigenvalue weighted by Gasteiger charge is -2.36. The van der Waals surface area contributed by atoms with E-state index in [-0.39, 0.29) is 12.6 Å². The Morgan fingerprint density at radius 3 is 2.44 bits per heavy atom. The SMILES string of the molecule is CN(C)c1ccc(Nc2cc(N3CCN(Cc4ccc5c(c4)OCO5)CC3)c3noc4c3c2C(=O)c2ccccc2-4)cc1. The third kappa shape index (κ3) is 4.35. The minimum absolute atomic E-state index is 0.0243. The molecular formula is C34H31N5O4. The van der Waals surface area contributed by atoms with Gasteiger partial charge in [-0.15, -0.1) is 0 Å². The molecule has 8 rings (SSSR count). The summed E-state index contributed by atoms with van der Waals surface area (Å²) >= 11 is 0. The van der Waals surface area contributed by atoms with Crippen LogP contribution in [0.5, 0.6) is 11.5 Å². The Labute approximate surface area is 249 Å². The van der Waals surface area contributed by atoms with Crippen LogP contribution in [-0.4, -0.2) is 62.9 Å². The molecule has 0 radical (unpaired) electrons. The van der Waals surface area contributed by atoms with Crippen molar-refractivity contribution in [2.75, 3.05) is 62.2 Å². The van der Waals surface area contributed by atoms with Crippen molar-refractivity contribution in [3.63, 3.8) is 0 Å². The van der Waals surface area contributed by atoms with Crippen molar-refractivity contribution < 1.29 is 18.8 Å². The van der Waals surface area contributed by atoms with Gasteiger partial charge in [0.05, 0.1) is 22.3 Å². The molecule has 2 aliphatic heterocycles. The molecule has 0 saturated carbocycles. The lowest BCUT2D eigenvalue weighted by atomic mass is 9.86. The lowest BCUT2D eigenvalue weighted by molar-refractivity contribution is 0.104. The number of nitrogens with one attached hydrogen (secondary N) is 1. The van der Waals surface area contributed by atoms with Gasteiger partial charge >= 0.3 is 0 Å². The summed E-state index contributed by atoms with van der Waals surface area (Å²) in [4.78, 5) is 20.8. The zero-order valence-electron chi connectivity index (χ0n) is 24.1.